The number of likely N-dealkylation sites (tertiary alicyclic amines) is 1. The van der Waals surface area contributed by atoms with Crippen LogP contribution in [0.3, 0.4) is 0 Å². The van der Waals surface area contributed by atoms with E-state index in [0.717, 1.165) is 42.0 Å². The number of aromatic nitrogens is 7. The Balaban J connectivity index is 1.21. The number of halogens is 1. The fraction of sp³-hybridized carbons (Fsp3) is 0.233. The molecule has 206 valence electrons. The Labute approximate surface area is 234 Å². The van der Waals surface area contributed by atoms with E-state index in [1.807, 2.05) is 24.3 Å². The van der Waals surface area contributed by atoms with E-state index in [9.17, 15) is 4.39 Å². The third-order valence-corrected chi connectivity index (χ3v) is 7.33. The van der Waals surface area contributed by atoms with Gasteiger partial charge in [-0.3, -0.25) is 15.0 Å². The van der Waals surface area contributed by atoms with Gasteiger partial charge in [-0.2, -0.15) is 5.10 Å². The van der Waals surface area contributed by atoms with Gasteiger partial charge in [-0.05, 0) is 67.9 Å². The number of nitrogens with one attached hydrogen (secondary N) is 2. The van der Waals surface area contributed by atoms with Crippen molar-refractivity contribution in [3.63, 3.8) is 0 Å². The fourth-order valence-electron chi connectivity index (χ4n) is 5.26. The highest BCUT2D eigenvalue weighted by atomic mass is 19.1. The van der Waals surface area contributed by atoms with Crippen molar-refractivity contribution in [2.45, 2.75) is 12.8 Å². The molecule has 7 rings (SSSR count). The summed E-state index contributed by atoms with van der Waals surface area (Å²) in [6.07, 6.45) is 7.66. The predicted octanol–water partition coefficient (Wildman–Crippen LogP) is 5.25. The summed E-state index contributed by atoms with van der Waals surface area (Å²) in [6, 6.07) is 12.2. The van der Waals surface area contributed by atoms with Gasteiger partial charge in [0.2, 0.25) is 0 Å². The number of hydrogen-bond acceptors (Lipinski definition) is 8. The lowest BCUT2D eigenvalue weighted by atomic mass is 10.1. The standard InChI is InChI=1S/C30H27FN8O2/c1-40-21-13-18(12-20(31)15-21)23-6-7-33-29-26(23)35-30(36-29)28-27-25(37-38-28)5-4-24(34-27)19-14-22(17-32-16-19)41-11-10-39-8-2-3-9-39/h4-7,12-17H,2-3,8-11H2,1H3,(H,37,38)(H,33,35,36). The number of benzene rings is 1. The van der Waals surface area contributed by atoms with E-state index in [2.05, 4.69) is 35.0 Å². The SMILES string of the molecule is COc1cc(F)cc(-c2ccnc3nc(-c4n[nH]c5ccc(-c6cncc(OCCN7CCCC7)c6)nc45)[nH]c23)c1. The topological polar surface area (TPSA) is 118 Å². The number of aromatic amines is 2. The number of hydrogen-bond donors (Lipinski definition) is 2. The second-order valence-corrected chi connectivity index (χ2v) is 9.99. The van der Waals surface area contributed by atoms with Crippen molar-refractivity contribution < 1.29 is 13.9 Å². The maximum Gasteiger partial charge on any atom is 0.178 e. The molecule has 6 heterocycles. The lowest BCUT2D eigenvalue weighted by Crippen LogP contribution is -2.25. The molecule has 41 heavy (non-hydrogen) atoms. The van der Waals surface area contributed by atoms with Crippen LogP contribution in [0, 0.1) is 5.82 Å². The quantitative estimate of drug-likeness (QED) is 0.264. The summed E-state index contributed by atoms with van der Waals surface area (Å²) >= 11 is 0. The Morgan fingerprint density at radius 1 is 0.976 bits per heavy atom. The molecule has 0 amide bonds. The number of imidazole rings is 1. The summed E-state index contributed by atoms with van der Waals surface area (Å²) < 4.78 is 25.5. The monoisotopic (exact) mass is 550 g/mol. The first-order valence-electron chi connectivity index (χ1n) is 13.5. The number of rotatable bonds is 8. The molecule has 10 nitrogen and oxygen atoms in total. The number of pyridine rings is 3. The number of methoxy groups -OCH3 is 1. The van der Waals surface area contributed by atoms with Crippen LogP contribution in [0.2, 0.25) is 0 Å². The normalized spacial score (nSPS) is 13.8. The van der Waals surface area contributed by atoms with Crippen LogP contribution in [0.25, 0.3) is 56.1 Å². The zero-order valence-corrected chi connectivity index (χ0v) is 22.4. The minimum Gasteiger partial charge on any atom is -0.497 e. The number of H-pyrrole nitrogens is 2. The van der Waals surface area contributed by atoms with E-state index in [-0.39, 0.29) is 0 Å². The molecule has 0 spiro atoms. The Bertz CT molecular complexity index is 1860. The molecule has 1 aromatic carbocycles. The predicted molar refractivity (Wildman–Crippen MR) is 153 cm³/mol. The van der Waals surface area contributed by atoms with Crippen molar-refractivity contribution in [2.75, 3.05) is 33.4 Å². The van der Waals surface area contributed by atoms with Gasteiger partial charge in [0.05, 0.1) is 30.0 Å². The molecule has 0 saturated carbocycles. The number of ether oxygens (including phenoxy) is 2. The van der Waals surface area contributed by atoms with Gasteiger partial charge in [-0.15, -0.1) is 0 Å². The summed E-state index contributed by atoms with van der Waals surface area (Å²) in [6.45, 7) is 3.81. The Kier molecular flexibility index (Phi) is 6.48. The zero-order chi connectivity index (χ0) is 27.8. The number of fused-ring (bicyclic) bond motifs is 2. The highest BCUT2D eigenvalue weighted by Crippen LogP contribution is 2.33. The van der Waals surface area contributed by atoms with E-state index >= 15 is 0 Å². The molecule has 0 bridgehead atoms. The molecule has 5 aromatic heterocycles. The Morgan fingerprint density at radius 2 is 1.85 bits per heavy atom. The van der Waals surface area contributed by atoms with E-state index in [1.54, 1.807) is 24.7 Å². The highest BCUT2D eigenvalue weighted by Gasteiger charge is 2.18. The minimum absolute atomic E-state index is 0.394. The van der Waals surface area contributed by atoms with Crippen LogP contribution in [-0.2, 0) is 0 Å². The van der Waals surface area contributed by atoms with Crippen LogP contribution in [0.1, 0.15) is 12.8 Å². The first-order chi connectivity index (χ1) is 20.1. The Morgan fingerprint density at radius 3 is 2.73 bits per heavy atom. The molecule has 1 saturated heterocycles. The van der Waals surface area contributed by atoms with Crippen molar-refractivity contribution in [1.29, 1.82) is 0 Å². The van der Waals surface area contributed by atoms with Crippen LogP contribution in [0.15, 0.2) is 61.1 Å². The maximum atomic E-state index is 14.3. The molecule has 1 aliphatic heterocycles. The molecule has 2 N–H and O–H groups in total. The van der Waals surface area contributed by atoms with Crippen LogP contribution in [0.4, 0.5) is 4.39 Å². The van der Waals surface area contributed by atoms with Crippen LogP contribution < -0.4 is 9.47 Å². The lowest BCUT2D eigenvalue weighted by molar-refractivity contribution is 0.237. The van der Waals surface area contributed by atoms with Gasteiger partial charge in [0, 0.05) is 36.1 Å². The third-order valence-electron chi connectivity index (χ3n) is 7.33. The molecule has 0 unspecified atom stereocenters. The van der Waals surface area contributed by atoms with Gasteiger partial charge < -0.3 is 14.5 Å². The maximum absolute atomic E-state index is 14.3. The van der Waals surface area contributed by atoms with Crippen molar-refractivity contribution in [3.05, 3.63) is 66.9 Å². The summed E-state index contributed by atoms with van der Waals surface area (Å²) in [5.41, 5.74) is 6.06. The molecular weight excluding hydrogens is 523 g/mol. The third kappa shape index (κ3) is 4.95. The van der Waals surface area contributed by atoms with Crippen LogP contribution in [0.5, 0.6) is 11.5 Å². The van der Waals surface area contributed by atoms with E-state index < -0.39 is 5.82 Å². The molecule has 1 aliphatic rings. The average molecular weight is 551 g/mol. The van der Waals surface area contributed by atoms with Crippen molar-refractivity contribution in [3.8, 4) is 45.4 Å². The molecule has 1 fully saturated rings. The van der Waals surface area contributed by atoms with Gasteiger partial charge in [0.15, 0.2) is 17.2 Å². The van der Waals surface area contributed by atoms with Gasteiger partial charge in [0.1, 0.15) is 29.4 Å². The first-order valence-corrected chi connectivity index (χ1v) is 13.5. The van der Waals surface area contributed by atoms with Crippen molar-refractivity contribution in [2.24, 2.45) is 0 Å². The van der Waals surface area contributed by atoms with Gasteiger partial charge in [-0.25, -0.2) is 19.3 Å². The summed E-state index contributed by atoms with van der Waals surface area (Å²) in [5.74, 6) is 1.24. The van der Waals surface area contributed by atoms with Crippen LogP contribution >= 0.6 is 0 Å². The molecule has 6 aromatic rings. The largest absolute Gasteiger partial charge is 0.497 e. The lowest BCUT2D eigenvalue weighted by Gasteiger charge is -2.15. The summed E-state index contributed by atoms with van der Waals surface area (Å²) in [7, 11) is 1.51. The first kappa shape index (κ1) is 25.1. The van der Waals surface area contributed by atoms with Crippen molar-refractivity contribution in [1.82, 2.24) is 40.0 Å². The summed E-state index contributed by atoms with van der Waals surface area (Å²) in [5, 5.41) is 7.54. The molecular formula is C30H27FN8O2. The molecule has 0 aliphatic carbocycles. The van der Waals surface area contributed by atoms with Crippen LogP contribution in [-0.4, -0.2) is 73.4 Å². The zero-order valence-electron chi connectivity index (χ0n) is 22.4. The molecule has 0 radical (unpaired) electrons. The summed E-state index contributed by atoms with van der Waals surface area (Å²) in [4.78, 5) is 24.1. The van der Waals surface area contributed by atoms with E-state index in [0.29, 0.717) is 51.9 Å². The van der Waals surface area contributed by atoms with E-state index in [4.69, 9.17) is 14.5 Å². The fourth-order valence-corrected chi connectivity index (χ4v) is 5.26. The smallest absolute Gasteiger partial charge is 0.178 e. The minimum atomic E-state index is -0.394. The highest BCUT2D eigenvalue weighted by molar-refractivity contribution is 5.95. The van der Waals surface area contributed by atoms with Gasteiger partial charge in [0.25, 0.3) is 0 Å². The molecule has 0 atom stereocenters. The second kappa shape index (κ2) is 10.6. The van der Waals surface area contributed by atoms with Gasteiger partial charge >= 0.3 is 0 Å². The average Bonchev–Trinajstić information content (AvgIpc) is 3.76. The Hall–Kier alpha value is -4.90. The number of nitrogens with zero attached hydrogens (tertiary/aromatic N) is 6. The van der Waals surface area contributed by atoms with Gasteiger partial charge in [-0.1, -0.05) is 0 Å². The van der Waals surface area contributed by atoms with E-state index in [1.165, 1.54) is 32.1 Å². The van der Waals surface area contributed by atoms with Crippen molar-refractivity contribution >= 4 is 22.2 Å². The molecule has 11 heteroatoms. The second-order valence-electron chi connectivity index (χ2n) is 9.99.